The van der Waals surface area contributed by atoms with Gasteiger partial charge in [-0.25, -0.2) is 4.98 Å². The lowest BCUT2D eigenvalue weighted by Gasteiger charge is -2.32. The van der Waals surface area contributed by atoms with E-state index < -0.39 is 0 Å². The van der Waals surface area contributed by atoms with Crippen LogP contribution in [0.4, 0.5) is 0 Å². The van der Waals surface area contributed by atoms with Gasteiger partial charge in [0.1, 0.15) is 12.6 Å². The third-order valence-corrected chi connectivity index (χ3v) is 4.17. The van der Waals surface area contributed by atoms with Crippen LogP contribution < -0.4 is 0 Å². The van der Waals surface area contributed by atoms with Crippen LogP contribution >= 0.6 is 0 Å². The lowest BCUT2D eigenvalue weighted by Crippen LogP contribution is -2.43. The number of amides is 1. The second-order valence-electron chi connectivity index (χ2n) is 5.69. The average molecular weight is 323 g/mol. The van der Waals surface area contributed by atoms with Crippen molar-refractivity contribution in [2.24, 2.45) is 0 Å². The first-order chi connectivity index (χ1) is 11.8. The number of rotatable bonds is 3. The maximum absolute atomic E-state index is 12.7. The smallest absolute Gasteiger partial charge is 0.242 e. The van der Waals surface area contributed by atoms with Crippen LogP contribution in [0.1, 0.15) is 11.8 Å². The summed E-state index contributed by atoms with van der Waals surface area (Å²) in [5, 5.41) is 0. The summed E-state index contributed by atoms with van der Waals surface area (Å²) in [6.45, 7) is 1.84. The van der Waals surface area contributed by atoms with Crippen molar-refractivity contribution in [3.05, 3.63) is 54.9 Å². The maximum Gasteiger partial charge on any atom is 0.242 e. The van der Waals surface area contributed by atoms with Crippen LogP contribution in [0.3, 0.4) is 0 Å². The Morgan fingerprint density at radius 2 is 2.17 bits per heavy atom. The third kappa shape index (κ3) is 2.85. The summed E-state index contributed by atoms with van der Waals surface area (Å²) >= 11 is 0. The van der Waals surface area contributed by atoms with E-state index in [2.05, 4.69) is 15.0 Å². The Hall–Kier alpha value is -2.80. The molecule has 1 fully saturated rings. The first kappa shape index (κ1) is 14.8. The standard InChI is InChI=1S/C17H17N5O2/c23-17(11-22-12-20-13-3-1-2-4-15(13)22)21-7-8-24-16(10-21)14-9-18-5-6-19-14/h1-6,9,12,16H,7-8,10-11H2/t16-/m1/s1. The molecule has 2 aromatic heterocycles. The monoisotopic (exact) mass is 323 g/mol. The molecule has 0 N–H and O–H groups in total. The van der Waals surface area contributed by atoms with Crippen LogP contribution in [0.2, 0.25) is 0 Å². The summed E-state index contributed by atoms with van der Waals surface area (Å²) in [4.78, 5) is 27.2. The predicted molar refractivity (Wildman–Crippen MR) is 87.0 cm³/mol. The number of nitrogens with zero attached hydrogens (tertiary/aromatic N) is 5. The van der Waals surface area contributed by atoms with Gasteiger partial charge in [-0.15, -0.1) is 0 Å². The fraction of sp³-hybridized carbons (Fsp3) is 0.294. The molecule has 0 spiro atoms. The summed E-state index contributed by atoms with van der Waals surface area (Å²) in [6.07, 6.45) is 6.43. The third-order valence-electron chi connectivity index (χ3n) is 4.17. The van der Waals surface area contributed by atoms with Crippen molar-refractivity contribution < 1.29 is 9.53 Å². The Balaban J connectivity index is 1.48. The molecular formula is C17H17N5O2. The van der Waals surface area contributed by atoms with Gasteiger partial charge in [-0.3, -0.25) is 14.8 Å². The van der Waals surface area contributed by atoms with E-state index in [0.717, 1.165) is 16.7 Å². The molecule has 1 saturated heterocycles. The first-order valence-electron chi connectivity index (χ1n) is 7.86. The van der Waals surface area contributed by atoms with E-state index in [0.29, 0.717) is 19.7 Å². The normalized spacial score (nSPS) is 18.0. The first-order valence-corrected chi connectivity index (χ1v) is 7.86. The Bertz CT molecular complexity index is 848. The molecule has 3 heterocycles. The van der Waals surface area contributed by atoms with Crippen molar-refractivity contribution >= 4 is 16.9 Å². The van der Waals surface area contributed by atoms with Crippen molar-refractivity contribution in [3.63, 3.8) is 0 Å². The molecule has 24 heavy (non-hydrogen) atoms. The molecule has 4 rings (SSSR count). The molecular weight excluding hydrogens is 306 g/mol. The van der Waals surface area contributed by atoms with Crippen LogP contribution in [0.5, 0.6) is 0 Å². The topological polar surface area (TPSA) is 73.1 Å². The Morgan fingerprint density at radius 3 is 3.04 bits per heavy atom. The van der Waals surface area contributed by atoms with E-state index in [1.807, 2.05) is 33.7 Å². The van der Waals surface area contributed by atoms with Crippen LogP contribution in [-0.2, 0) is 16.1 Å². The van der Waals surface area contributed by atoms with E-state index in [1.54, 1.807) is 24.9 Å². The maximum atomic E-state index is 12.7. The second kappa shape index (κ2) is 6.37. The van der Waals surface area contributed by atoms with Crippen molar-refractivity contribution in [2.45, 2.75) is 12.6 Å². The van der Waals surface area contributed by atoms with E-state index in [1.165, 1.54) is 0 Å². The van der Waals surface area contributed by atoms with Gasteiger partial charge >= 0.3 is 0 Å². The summed E-state index contributed by atoms with van der Waals surface area (Å²) in [7, 11) is 0. The average Bonchev–Trinajstić information content (AvgIpc) is 3.06. The highest BCUT2D eigenvalue weighted by atomic mass is 16.5. The predicted octanol–water partition coefficient (Wildman–Crippen LogP) is 1.43. The minimum atomic E-state index is -0.226. The molecule has 0 bridgehead atoms. The molecule has 3 aromatic rings. The quantitative estimate of drug-likeness (QED) is 0.729. The highest BCUT2D eigenvalue weighted by molar-refractivity contribution is 5.80. The van der Waals surface area contributed by atoms with Crippen LogP contribution in [-0.4, -0.2) is 50.0 Å². The van der Waals surface area contributed by atoms with Crippen LogP contribution in [0, 0.1) is 0 Å². The van der Waals surface area contributed by atoms with E-state index >= 15 is 0 Å². The lowest BCUT2D eigenvalue weighted by molar-refractivity contribution is -0.139. The molecule has 0 aliphatic carbocycles. The highest BCUT2D eigenvalue weighted by Gasteiger charge is 2.26. The van der Waals surface area contributed by atoms with E-state index in [9.17, 15) is 4.79 Å². The number of aromatic nitrogens is 4. The highest BCUT2D eigenvalue weighted by Crippen LogP contribution is 2.20. The molecule has 0 radical (unpaired) electrons. The molecule has 1 aromatic carbocycles. The van der Waals surface area contributed by atoms with Gasteiger partial charge in [0.25, 0.3) is 0 Å². The fourth-order valence-electron chi connectivity index (χ4n) is 2.91. The van der Waals surface area contributed by atoms with E-state index in [4.69, 9.17) is 4.74 Å². The largest absolute Gasteiger partial charge is 0.368 e. The number of fused-ring (bicyclic) bond motifs is 1. The SMILES string of the molecule is O=C(Cn1cnc2ccccc21)N1CCO[C@@H](c2cnccn2)C1. The van der Waals surface area contributed by atoms with Gasteiger partial charge in [-0.2, -0.15) is 0 Å². The summed E-state index contributed by atoms with van der Waals surface area (Å²) in [5.74, 6) is 0.0512. The number of hydrogen-bond donors (Lipinski definition) is 0. The number of morpholine rings is 1. The van der Waals surface area contributed by atoms with Crippen LogP contribution in [0.15, 0.2) is 49.2 Å². The molecule has 1 amide bonds. The Kier molecular flexibility index (Phi) is 3.92. The van der Waals surface area contributed by atoms with Crippen molar-refractivity contribution in [1.29, 1.82) is 0 Å². The van der Waals surface area contributed by atoms with Gasteiger partial charge in [0, 0.05) is 18.9 Å². The molecule has 7 nitrogen and oxygen atoms in total. The Labute approximate surface area is 138 Å². The number of carbonyl (C=O) groups is 1. The summed E-state index contributed by atoms with van der Waals surface area (Å²) < 4.78 is 7.61. The molecule has 1 aliphatic heterocycles. The minimum absolute atomic E-state index is 0.0512. The number of carbonyl (C=O) groups excluding carboxylic acids is 1. The van der Waals surface area contributed by atoms with Gasteiger partial charge in [0.15, 0.2) is 0 Å². The number of para-hydroxylation sites is 2. The molecule has 122 valence electrons. The van der Waals surface area contributed by atoms with Gasteiger partial charge in [0.05, 0.1) is 42.4 Å². The van der Waals surface area contributed by atoms with Crippen molar-refractivity contribution in [2.75, 3.05) is 19.7 Å². The lowest BCUT2D eigenvalue weighted by atomic mass is 10.2. The fourth-order valence-corrected chi connectivity index (χ4v) is 2.91. The number of benzene rings is 1. The van der Waals surface area contributed by atoms with Crippen LogP contribution in [0.25, 0.3) is 11.0 Å². The number of ether oxygens (including phenoxy) is 1. The van der Waals surface area contributed by atoms with Gasteiger partial charge in [-0.05, 0) is 12.1 Å². The second-order valence-corrected chi connectivity index (χ2v) is 5.69. The Morgan fingerprint density at radius 1 is 1.25 bits per heavy atom. The molecule has 7 heteroatoms. The van der Waals surface area contributed by atoms with Gasteiger partial charge < -0.3 is 14.2 Å². The minimum Gasteiger partial charge on any atom is -0.368 e. The van der Waals surface area contributed by atoms with Gasteiger partial charge in [-0.1, -0.05) is 12.1 Å². The zero-order valence-electron chi connectivity index (χ0n) is 13.1. The molecule has 0 unspecified atom stereocenters. The molecule has 0 saturated carbocycles. The molecule has 1 aliphatic rings. The van der Waals surface area contributed by atoms with Crippen molar-refractivity contribution in [3.8, 4) is 0 Å². The van der Waals surface area contributed by atoms with Crippen molar-refractivity contribution in [1.82, 2.24) is 24.4 Å². The summed E-state index contributed by atoms with van der Waals surface area (Å²) in [6, 6.07) is 7.80. The number of hydrogen-bond acceptors (Lipinski definition) is 5. The number of imidazole rings is 1. The van der Waals surface area contributed by atoms with Gasteiger partial charge in [0.2, 0.25) is 5.91 Å². The molecule has 1 atom stereocenters. The zero-order chi connectivity index (χ0) is 16.4. The van der Waals surface area contributed by atoms with E-state index in [-0.39, 0.29) is 18.6 Å². The summed E-state index contributed by atoms with van der Waals surface area (Å²) in [5.41, 5.74) is 2.61. The zero-order valence-corrected chi connectivity index (χ0v) is 13.1.